The summed E-state index contributed by atoms with van der Waals surface area (Å²) in [6, 6.07) is 0. The SMILES string of the molecule is CN1C=C[N+](C)(C)C1(C)C.[I-]. The first kappa shape index (κ1) is 11.2. The quantitative estimate of drug-likeness (QED) is 0.371. The fourth-order valence-electron chi connectivity index (χ4n) is 1.04. The maximum Gasteiger partial charge on any atom is 0.172 e. The van der Waals surface area contributed by atoms with Gasteiger partial charge in [0.25, 0.3) is 0 Å². The molecule has 1 aliphatic rings. The molecule has 0 aromatic carbocycles. The first-order chi connectivity index (χ1) is 4.38. The summed E-state index contributed by atoms with van der Waals surface area (Å²) in [6.07, 6.45) is 4.35. The molecule has 3 heteroatoms. The molecule has 0 aliphatic carbocycles. The molecule has 1 rings (SSSR count). The van der Waals surface area contributed by atoms with Gasteiger partial charge in [0.05, 0.1) is 20.3 Å². The highest BCUT2D eigenvalue weighted by Gasteiger charge is 2.42. The van der Waals surface area contributed by atoms with Crippen molar-refractivity contribution in [3.63, 3.8) is 0 Å². The molecule has 66 valence electrons. The first-order valence-electron chi connectivity index (χ1n) is 3.64. The van der Waals surface area contributed by atoms with E-state index in [0.717, 1.165) is 4.48 Å². The van der Waals surface area contributed by atoms with Crippen molar-refractivity contribution in [3.05, 3.63) is 12.4 Å². The van der Waals surface area contributed by atoms with Gasteiger partial charge in [-0.25, -0.2) is 0 Å². The molecule has 1 aliphatic heterocycles. The normalized spacial score (nSPS) is 25.0. The van der Waals surface area contributed by atoms with Gasteiger partial charge in [0.1, 0.15) is 6.20 Å². The van der Waals surface area contributed by atoms with Gasteiger partial charge in [-0.2, -0.15) is 0 Å². The van der Waals surface area contributed by atoms with E-state index in [1.807, 2.05) is 0 Å². The van der Waals surface area contributed by atoms with Crippen LogP contribution in [0.1, 0.15) is 13.8 Å². The maximum absolute atomic E-state index is 2.24. The highest BCUT2D eigenvalue weighted by molar-refractivity contribution is 4.89. The minimum atomic E-state index is 0. The lowest BCUT2D eigenvalue weighted by Gasteiger charge is -2.40. The zero-order valence-corrected chi connectivity index (χ0v) is 10.1. The summed E-state index contributed by atoms with van der Waals surface area (Å²) in [4.78, 5) is 2.24. The van der Waals surface area contributed by atoms with Crippen LogP contribution in [0.25, 0.3) is 0 Å². The number of hydrogen-bond donors (Lipinski definition) is 0. The van der Waals surface area contributed by atoms with Gasteiger partial charge in [-0.3, -0.25) is 4.48 Å². The highest BCUT2D eigenvalue weighted by Crippen LogP contribution is 2.29. The van der Waals surface area contributed by atoms with E-state index in [-0.39, 0.29) is 29.6 Å². The van der Waals surface area contributed by atoms with Crippen LogP contribution in [0.3, 0.4) is 0 Å². The van der Waals surface area contributed by atoms with Gasteiger partial charge in [0.2, 0.25) is 0 Å². The van der Waals surface area contributed by atoms with Gasteiger partial charge in [-0.1, -0.05) is 0 Å². The Morgan fingerprint density at radius 3 is 1.82 bits per heavy atom. The van der Waals surface area contributed by atoms with Gasteiger partial charge in [0.15, 0.2) is 5.66 Å². The lowest BCUT2D eigenvalue weighted by atomic mass is 10.2. The predicted octanol–water partition coefficient (Wildman–Crippen LogP) is -1.78. The van der Waals surface area contributed by atoms with Crippen molar-refractivity contribution < 1.29 is 28.5 Å². The molecule has 0 saturated carbocycles. The third kappa shape index (κ3) is 1.54. The molecule has 0 radical (unpaired) electrons. The zero-order valence-electron chi connectivity index (χ0n) is 7.93. The van der Waals surface area contributed by atoms with E-state index in [1.165, 1.54) is 0 Å². The monoisotopic (exact) mass is 268 g/mol. The number of hydrogen-bond acceptors (Lipinski definition) is 1. The van der Waals surface area contributed by atoms with E-state index in [9.17, 15) is 0 Å². The van der Waals surface area contributed by atoms with Crippen molar-refractivity contribution in [2.75, 3.05) is 21.1 Å². The summed E-state index contributed by atoms with van der Waals surface area (Å²) < 4.78 is 0.934. The minimum Gasteiger partial charge on any atom is -1.00 e. The molecule has 0 saturated heterocycles. The van der Waals surface area contributed by atoms with Crippen LogP contribution in [-0.4, -0.2) is 36.2 Å². The van der Waals surface area contributed by atoms with Crippen molar-refractivity contribution in [3.8, 4) is 0 Å². The van der Waals surface area contributed by atoms with Crippen molar-refractivity contribution in [1.82, 2.24) is 4.90 Å². The molecule has 0 aromatic heterocycles. The van der Waals surface area contributed by atoms with Crippen LogP contribution in [0, 0.1) is 0 Å². The Bertz CT molecular complexity index is 173. The Kier molecular flexibility index (Phi) is 3.00. The summed E-state index contributed by atoms with van der Waals surface area (Å²) >= 11 is 0. The molecule has 0 unspecified atom stereocenters. The second-order valence-electron chi connectivity index (χ2n) is 3.94. The Morgan fingerprint density at radius 1 is 1.27 bits per heavy atom. The van der Waals surface area contributed by atoms with Crippen molar-refractivity contribution >= 4 is 0 Å². The van der Waals surface area contributed by atoms with Crippen LogP contribution in [0.15, 0.2) is 12.4 Å². The Balaban J connectivity index is 0.000001000. The van der Waals surface area contributed by atoms with Crippen molar-refractivity contribution in [2.45, 2.75) is 19.5 Å². The molecule has 0 fully saturated rings. The third-order valence-electron chi connectivity index (χ3n) is 2.94. The second-order valence-corrected chi connectivity index (χ2v) is 3.94. The molecule has 0 N–H and O–H groups in total. The molecule has 0 atom stereocenters. The number of nitrogens with zero attached hydrogens (tertiary/aromatic N) is 2. The Labute approximate surface area is 86.5 Å². The molecule has 0 spiro atoms. The van der Waals surface area contributed by atoms with E-state index in [1.54, 1.807) is 0 Å². The molecule has 0 amide bonds. The van der Waals surface area contributed by atoms with Crippen LogP contribution < -0.4 is 24.0 Å². The average molecular weight is 268 g/mol. The molecular weight excluding hydrogens is 251 g/mol. The highest BCUT2D eigenvalue weighted by atomic mass is 127. The fraction of sp³-hybridized carbons (Fsp3) is 0.750. The first-order valence-corrected chi connectivity index (χ1v) is 3.64. The smallest absolute Gasteiger partial charge is 0.172 e. The van der Waals surface area contributed by atoms with E-state index in [2.05, 4.69) is 52.3 Å². The molecule has 1 heterocycles. The summed E-state index contributed by atoms with van der Waals surface area (Å²) in [5.74, 6) is 0. The standard InChI is InChI=1S/C8H17N2.HI/c1-8(2)9(3)6-7-10(8,4)5;/h6-7H,1-5H3;1H/q+1;/p-1. The van der Waals surface area contributed by atoms with E-state index < -0.39 is 0 Å². The Morgan fingerprint density at radius 2 is 1.73 bits per heavy atom. The van der Waals surface area contributed by atoms with E-state index in [4.69, 9.17) is 0 Å². The summed E-state index contributed by atoms with van der Waals surface area (Å²) in [5.41, 5.74) is 0.208. The van der Waals surface area contributed by atoms with E-state index >= 15 is 0 Å². The zero-order chi connectivity index (χ0) is 7.99. The van der Waals surface area contributed by atoms with E-state index in [0.29, 0.717) is 0 Å². The maximum atomic E-state index is 2.24. The van der Waals surface area contributed by atoms with Gasteiger partial charge in [0, 0.05) is 20.9 Å². The van der Waals surface area contributed by atoms with Crippen molar-refractivity contribution in [1.29, 1.82) is 0 Å². The predicted molar refractivity (Wildman–Crippen MR) is 43.1 cm³/mol. The minimum absolute atomic E-state index is 0. The van der Waals surface area contributed by atoms with Gasteiger partial charge >= 0.3 is 0 Å². The van der Waals surface area contributed by atoms with Gasteiger partial charge in [-0.15, -0.1) is 0 Å². The molecule has 11 heavy (non-hydrogen) atoms. The average Bonchev–Trinajstić information content (AvgIpc) is 1.94. The number of halogens is 1. The number of quaternary nitrogens is 1. The molecule has 2 nitrogen and oxygen atoms in total. The summed E-state index contributed by atoms with van der Waals surface area (Å²) in [7, 11) is 6.53. The van der Waals surface area contributed by atoms with Crippen LogP contribution in [-0.2, 0) is 0 Å². The van der Waals surface area contributed by atoms with Gasteiger partial charge in [-0.05, 0) is 0 Å². The van der Waals surface area contributed by atoms with Crippen LogP contribution in [0.2, 0.25) is 0 Å². The Hall–Kier alpha value is 0.230. The lowest BCUT2D eigenvalue weighted by molar-refractivity contribution is -0.894. The number of rotatable bonds is 0. The third-order valence-corrected chi connectivity index (χ3v) is 2.94. The van der Waals surface area contributed by atoms with Crippen LogP contribution in [0.5, 0.6) is 0 Å². The van der Waals surface area contributed by atoms with Crippen molar-refractivity contribution in [2.24, 2.45) is 0 Å². The van der Waals surface area contributed by atoms with Crippen LogP contribution >= 0.6 is 0 Å². The summed E-state index contributed by atoms with van der Waals surface area (Å²) in [5, 5.41) is 0. The topological polar surface area (TPSA) is 3.24 Å². The lowest BCUT2D eigenvalue weighted by Crippen LogP contribution is -3.00. The fourth-order valence-corrected chi connectivity index (χ4v) is 1.04. The van der Waals surface area contributed by atoms with Crippen LogP contribution in [0.4, 0.5) is 0 Å². The molecular formula is C8H17IN2. The van der Waals surface area contributed by atoms with Gasteiger partial charge < -0.3 is 28.9 Å². The molecule has 0 aromatic rings. The largest absolute Gasteiger partial charge is 1.00 e. The second kappa shape index (κ2) is 2.94. The molecule has 0 bridgehead atoms. The summed E-state index contributed by atoms with van der Waals surface area (Å²) in [6.45, 7) is 4.49.